The van der Waals surface area contributed by atoms with Crippen LogP contribution in [-0.4, -0.2) is 21.3 Å². The molecule has 0 saturated heterocycles. The summed E-state index contributed by atoms with van der Waals surface area (Å²) in [5, 5.41) is 4.62. The van der Waals surface area contributed by atoms with Crippen molar-refractivity contribution in [1.82, 2.24) is 0 Å². The van der Waals surface area contributed by atoms with Crippen LogP contribution in [0.2, 0.25) is 0 Å². The van der Waals surface area contributed by atoms with Gasteiger partial charge < -0.3 is 14.2 Å². The van der Waals surface area contributed by atoms with E-state index in [1.807, 2.05) is 12.1 Å². The van der Waals surface area contributed by atoms with Gasteiger partial charge in [0.25, 0.3) is 0 Å². The molecule has 4 nitrogen and oxygen atoms in total. The van der Waals surface area contributed by atoms with E-state index in [-0.39, 0.29) is 0 Å². The van der Waals surface area contributed by atoms with Crippen molar-refractivity contribution in [3.8, 4) is 17.2 Å². The first-order valence-corrected chi connectivity index (χ1v) is 9.19. The SMILES string of the molecule is CCCc1cc2c(cc[n+]3cc4cc(OC)c(OC)cc4cc23)cc1OC. The van der Waals surface area contributed by atoms with Crippen LogP contribution in [-0.2, 0) is 6.42 Å². The Hall–Kier alpha value is -3.01. The lowest BCUT2D eigenvalue weighted by atomic mass is 10.0. The maximum atomic E-state index is 5.61. The molecule has 0 N–H and O–H groups in total. The number of benzene rings is 2. The molecule has 0 aliphatic carbocycles. The van der Waals surface area contributed by atoms with Gasteiger partial charge in [-0.3, -0.25) is 0 Å². The fourth-order valence-corrected chi connectivity index (χ4v) is 3.74. The Morgan fingerprint density at radius 1 is 0.778 bits per heavy atom. The predicted octanol–water partition coefficient (Wildman–Crippen LogP) is 4.71. The predicted molar refractivity (Wildman–Crippen MR) is 108 cm³/mol. The number of rotatable bonds is 5. The third-order valence-electron chi connectivity index (χ3n) is 5.10. The number of aryl methyl sites for hydroxylation is 1. The molecule has 0 atom stereocenters. The van der Waals surface area contributed by atoms with Gasteiger partial charge in [-0.15, -0.1) is 0 Å². The molecule has 4 rings (SSSR count). The molecule has 138 valence electrons. The highest BCUT2D eigenvalue weighted by molar-refractivity contribution is 5.98. The molecule has 27 heavy (non-hydrogen) atoms. The fraction of sp³-hybridized carbons (Fsp3) is 0.261. The van der Waals surface area contributed by atoms with Crippen molar-refractivity contribution in [2.45, 2.75) is 19.8 Å². The van der Waals surface area contributed by atoms with Crippen LogP contribution in [0.4, 0.5) is 0 Å². The second kappa shape index (κ2) is 6.95. The molecule has 0 aliphatic rings. The standard InChI is InChI=1S/C23H24NO3/c1-5-6-16-9-19-15(11-21(16)25-2)7-8-24-14-18-13-23(27-4)22(26-3)12-17(18)10-20(19)24/h7-14H,5-6H2,1-4H3/q+1. The highest BCUT2D eigenvalue weighted by Gasteiger charge is 2.15. The van der Waals surface area contributed by atoms with Crippen LogP contribution in [0.5, 0.6) is 17.2 Å². The Labute approximate surface area is 158 Å². The molecule has 0 aliphatic heterocycles. The van der Waals surface area contributed by atoms with E-state index in [4.69, 9.17) is 14.2 Å². The lowest BCUT2D eigenvalue weighted by Gasteiger charge is -2.11. The van der Waals surface area contributed by atoms with Gasteiger partial charge in [0.15, 0.2) is 23.9 Å². The van der Waals surface area contributed by atoms with E-state index in [2.05, 4.69) is 48.0 Å². The first-order chi connectivity index (χ1) is 13.2. The largest absolute Gasteiger partial charge is 0.496 e. The molecule has 4 heteroatoms. The minimum Gasteiger partial charge on any atom is -0.496 e. The molecule has 0 spiro atoms. The summed E-state index contributed by atoms with van der Waals surface area (Å²) in [6, 6.07) is 12.8. The molecular formula is C23H24NO3+. The summed E-state index contributed by atoms with van der Waals surface area (Å²) in [6.45, 7) is 2.19. The maximum Gasteiger partial charge on any atom is 0.219 e. The number of hydrogen-bond donors (Lipinski definition) is 0. The number of pyridine rings is 2. The summed E-state index contributed by atoms with van der Waals surface area (Å²) in [5.74, 6) is 2.43. The highest BCUT2D eigenvalue weighted by atomic mass is 16.5. The smallest absolute Gasteiger partial charge is 0.219 e. The van der Waals surface area contributed by atoms with E-state index >= 15 is 0 Å². The van der Waals surface area contributed by atoms with E-state index in [0.29, 0.717) is 0 Å². The maximum absolute atomic E-state index is 5.61. The first-order valence-electron chi connectivity index (χ1n) is 9.19. The van der Waals surface area contributed by atoms with Gasteiger partial charge >= 0.3 is 0 Å². The van der Waals surface area contributed by atoms with Crippen molar-refractivity contribution in [2.24, 2.45) is 0 Å². The van der Waals surface area contributed by atoms with Gasteiger partial charge in [-0.2, -0.15) is 4.40 Å². The molecule has 0 fully saturated rings. The van der Waals surface area contributed by atoms with Crippen LogP contribution in [0.25, 0.3) is 27.1 Å². The quantitative estimate of drug-likeness (QED) is 0.293. The number of ether oxygens (including phenoxy) is 3. The molecule has 4 aromatic rings. The zero-order chi connectivity index (χ0) is 19.0. The number of nitrogens with zero attached hydrogens (tertiary/aromatic N) is 1. The first kappa shape index (κ1) is 17.4. The van der Waals surface area contributed by atoms with Crippen molar-refractivity contribution in [2.75, 3.05) is 21.3 Å². The van der Waals surface area contributed by atoms with E-state index < -0.39 is 0 Å². The minimum atomic E-state index is 0.737. The van der Waals surface area contributed by atoms with Gasteiger partial charge in [-0.1, -0.05) is 13.3 Å². The van der Waals surface area contributed by atoms with E-state index in [1.54, 1.807) is 21.3 Å². The van der Waals surface area contributed by atoms with Gasteiger partial charge in [0.1, 0.15) is 5.75 Å². The summed E-state index contributed by atoms with van der Waals surface area (Å²) in [4.78, 5) is 0. The molecule has 0 amide bonds. The monoisotopic (exact) mass is 362 g/mol. The Bertz CT molecular complexity index is 1150. The topological polar surface area (TPSA) is 31.8 Å². The van der Waals surface area contributed by atoms with Crippen LogP contribution in [0.3, 0.4) is 0 Å². The molecule has 0 radical (unpaired) electrons. The Balaban J connectivity index is 2.04. The van der Waals surface area contributed by atoms with Gasteiger partial charge in [0, 0.05) is 12.1 Å². The molecule has 2 aromatic heterocycles. The van der Waals surface area contributed by atoms with E-state index in [1.165, 1.54) is 16.3 Å². The van der Waals surface area contributed by atoms with Crippen LogP contribution in [0.15, 0.2) is 48.8 Å². The third kappa shape index (κ3) is 2.91. The summed E-state index contributed by atoms with van der Waals surface area (Å²) in [5.41, 5.74) is 2.40. The van der Waals surface area contributed by atoms with Crippen molar-refractivity contribution in [3.63, 3.8) is 0 Å². The van der Waals surface area contributed by atoms with Gasteiger partial charge in [-0.05, 0) is 47.0 Å². The van der Waals surface area contributed by atoms with E-state index in [0.717, 1.165) is 46.4 Å². The fourth-order valence-electron chi connectivity index (χ4n) is 3.74. The van der Waals surface area contributed by atoms with Crippen molar-refractivity contribution in [3.05, 3.63) is 54.4 Å². The zero-order valence-electron chi connectivity index (χ0n) is 16.2. The minimum absolute atomic E-state index is 0.737. The summed E-state index contributed by atoms with van der Waals surface area (Å²) in [6.07, 6.45) is 6.31. The number of aromatic nitrogens is 1. The summed E-state index contributed by atoms with van der Waals surface area (Å²) < 4.78 is 18.7. The second-order valence-electron chi connectivity index (χ2n) is 6.72. The third-order valence-corrected chi connectivity index (χ3v) is 5.10. The lowest BCUT2D eigenvalue weighted by Crippen LogP contribution is -2.20. The van der Waals surface area contributed by atoms with Gasteiger partial charge in [-0.25, -0.2) is 0 Å². The lowest BCUT2D eigenvalue weighted by molar-refractivity contribution is -0.509. The Morgan fingerprint density at radius 3 is 2.11 bits per heavy atom. The molecule has 2 heterocycles. The number of hydrogen-bond acceptors (Lipinski definition) is 3. The van der Waals surface area contributed by atoms with Crippen molar-refractivity contribution in [1.29, 1.82) is 0 Å². The second-order valence-corrected chi connectivity index (χ2v) is 6.72. The average molecular weight is 362 g/mol. The van der Waals surface area contributed by atoms with Crippen molar-refractivity contribution < 1.29 is 18.6 Å². The van der Waals surface area contributed by atoms with Gasteiger partial charge in [0.05, 0.1) is 32.1 Å². The summed E-state index contributed by atoms with van der Waals surface area (Å²) >= 11 is 0. The molecule has 0 bridgehead atoms. The summed E-state index contributed by atoms with van der Waals surface area (Å²) in [7, 11) is 5.06. The highest BCUT2D eigenvalue weighted by Crippen LogP contribution is 2.33. The normalized spacial score (nSPS) is 11.3. The van der Waals surface area contributed by atoms with Crippen molar-refractivity contribution >= 4 is 27.1 Å². The molecular weight excluding hydrogens is 338 g/mol. The Kier molecular flexibility index (Phi) is 4.48. The van der Waals surface area contributed by atoms with Crippen LogP contribution in [0, 0.1) is 0 Å². The molecule has 0 unspecified atom stereocenters. The number of methoxy groups -OCH3 is 3. The molecule has 0 saturated carbocycles. The number of fused-ring (bicyclic) bond motifs is 4. The van der Waals surface area contributed by atoms with E-state index in [9.17, 15) is 0 Å². The zero-order valence-corrected chi connectivity index (χ0v) is 16.2. The Morgan fingerprint density at radius 2 is 1.44 bits per heavy atom. The average Bonchev–Trinajstić information content (AvgIpc) is 2.71. The molecule has 2 aromatic carbocycles. The van der Waals surface area contributed by atoms with Crippen LogP contribution >= 0.6 is 0 Å². The van der Waals surface area contributed by atoms with Crippen LogP contribution in [0.1, 0.15) is 18.9 Å². The van der Waals surface area contributed by atoms with Gasteiger partial charge in [0.2, 0.25) is 5.52 Å². The van der Waals surface area contributed by atoms with Crippen LogP contribution < -0.4 is 18.6 Å².